The van der Waals surface area contributed by atoms with Crippen LogP contribution < -0.4 is 0 Å². The second-order valence-corrected chi connectivity index (χ2v) is 25.0. The van der Waals surface area contributed by atoms with Crippen molar-refractivity contribution in [3.05, 3.63) is 376 Å². The first-order valence-electron chi connectivity index (χ1n) is 33.1. The summed E-state index contributed by atoms with van der Waals surface area (Å²) in [6, 6.07) is 137. The number of hydrogen-bond donors (Lipinski definition) is 0. The molecule has 448 valence electrons. The highest BCUT2D eigenvalue weighted by atomic mass is 15.0. The van der Waals surface area contributed by atoms with Gasteiger partial charge in [0.2, 0.25) is 0 Å². The van der Waals surface area contributed by atoms with Gasteiger partial charge in [-0.2, -0.15) is 0 Å². The lowest BCUT2D eigenvalue weighted by Crippen LogP contribution is -1.95. The van der Waals surface area contributed by atoms with Gasteiger partial charge < -0.3 is 9.13 Å². The molecule has 0 radical (unpaired) electrons. The van der Waals surface area contributed by atoms with Crippen molar-refractivity contribution in [3.63, 3.8) is 0 Å². The van der Waals surface area contributed by atoms with Crippen LogP contribution in [0.25, 0.3) is 176 Å². The maximum absolute atomic E-state index is 2.41. The molecule has 0 unspecified atom stereocenters. The molecule has 0 amide bonds. The lowest BCUT2D eigenvalue weighted by atomic mass is 9.85. The van der Waals surface area contributed by atoms with E-state index in [0.717, 1.165) is 11.4 Å². The van der Waals surface area contributed by atoms with Gasteiger partial charge in [0.05, 0.1) is 22.1 Å². The molecule has 0 aliphatic heterocycles. The van der Waals surface area contributed by atoms with Gasteiger partial charge in [0.1, 0.15) is 0 Å². The number of nitrogens with zero attached hydrogens (tertiary/aromatic N) is 2. The Hall–Kier alpha value is -12.6. The molecule has 19 aromatic rings. The molecule has 0 spiro atoms. The van der Waals surface area contributed by atoms with Crippen molar-refractivity contribution in [3.8, 4) is 89.3 Å². The van der Waals surface area contributed by atoms with Crippen molar-refractivity contribution in [1.82, 2.24) is 9.13 Å². The highest BCUT2D eigenvalue weighted by Gasteiger charge is 2.21. The van der Waals surface area contributed by atoms with Crippen LogP contribution in [0.5, 0.6) is 0 Å². The van der Waals surface area contributed by atoms with Gasteiger partial charge in [-0.25, -0.2) is 0 Å². The van der Waals surface area contributed by atoms with E-state index in [1.807, 2.05) is 0 Å². The number of rotatable bonds is 9. The predicted octanol–water partition coefficient (Wildman–Crippen LogP) is 25.8. The highest BCUT2D eigenvalue weighted by Crippen LogP contribution is 2.47. The summed E-state index contributed by atoms with van der Waals surface area (Å²) in [4.78, 5) is 0. The molecule has 17 aromatic carbocycles. The Morgan fingerprint density at radius 3 is 0.656 bits per heavy atom. The minimum Gasteiger partial charge on any atom is -0.309 e. The van der Waals surface area contributed by atoms with E-state index in [1.165, 1.54) is 165 Å². The van der Waals surface area contributed by atoms with E-state index in [2.05, 4.69) is 385 Å². The van der Waals surface area contributed by atoms with E-state index in [1.54, 1.807) is 0 Å². The van der Waals surface area contributed by atoms with Gasteiger partial charge in [-0.1, -0.05) is 322 Å². The molecule has 0 aliphatic carbocycles. The lowest BCUT2D eigenvalue weighted by Gasteiger charge is -2.19. The average molecular weight is 1220 g/mol. The Balaban J connectivity index is 0.000000141. The predicted molar refractivity (Wildman–Crippen MR) is 410 cm³/mol. The van der Waals surface area contributed by atoms with E-state index < -0.39 is 0 Å². The van der Waals surface area contributed by atoms with Crippen molar-refractivity contribution in [2.45, 2.75) is 0 Å². The van der Waals surface area contributed by atoms with E-state index in [-0.39, 0.29) is 0 Å². The Kier molecular flexibility index (Phi) is 13.9. The molecule has 2 heterocycles. The third kappa shape index (κ3) is 9.65. The second-order valence-electron chi connectivity index (χ2n) is 25.0. The lowest BCUT2D eigenvalue weighted by molar-refractivity contribution is 1.18. The maximum Gasteiger partial charge on any atom is 0.0541 e. The van der Waals surface area contributed by atoms with Gasteiger partial charge in [-0.05, 0) is 176 Å². The normalized spacial score (nSPS) is 11.5. The van der Waals surface area contributed by atoms with Crippen LogP contribution >= 0.6 is 0 Å². The number of hydrogen-bond acceptors (Lipinski definition) is 0. The summed E-state index contributed by atoms with van der Waals surface area (Å²) >= 11 is 0. The minimum atomic E-state index is 1.16. The largest absolute Gasteiger partial charge is 0.309 e. The highest BCUT2D eigenvalue weighted by molar-refractivity contribution is 6.23. The SMILES string of the molecule is c1ccc(-c2ccc(-c3ccc(-c4c5ccccc5c(-c5cccc(-n6c7ccccc7c7ccccc76)c5)c5ccccc45)cc3)cc2)cc1.c1ccc(-c2cccc(-c3c4ccccc4c(-c4cccc(-n5c6ccccc6c6ccccc65)c4)c4ccccc34)c2)cc1. The summed E-state index contributed by atoms with van der Waals surface area (Å²) in [6.07, 6.45) is 0. The summed E-state index contributed by atoms with van der Waals surface area (Å²) in [7, 11) is 0. The first-order valence-corrected chi connectivity index (χ1v) is 33.1. The molecule has 0 saturated heterocycles. The summed E-state index contributed by atoms with van der Waals surface area (Å²) in [5.41, 5.74) is 24.5. The minimum absolute atomic E-state index is 1.16. The van der Waals surface area contributed by atoms with Crippen LogP contribution in [0.1, 0.15) is 0 Å². The smallest absolute Gasteiger partial charge is 0.0541 e. The topological polar surface area (TPSA) is 9.86 Å². The standard InChI is InChI=1S/C50H33N.C44H29N/c1-2-13-34(14-3-1)35-25-27-36(28-26-35)37-29-31-38(32-30-37)49-43-19-4-6-21-45(43)50(46-22-7-5-20-44(46)49)39-15-12-16-40(33-39)51-47-23-10-8-17-41(47)42-18-9-11-24-48(42)51;1-2-14-30(15-3-1)31-16-12-17-32(28-31)43-37-22-4-6-24-39(37)44(40-25-7-5-23-38(40)43)33-18-13-19-34(29-33)45-41-26-10-8-20-35(41)36-21-9-11-27-42(36)45/h1-33H;1-29H. The summed E-state index contributed by atoms with van der Waals surface area (Å²) in [5, 5.41) is 15.2. The Morgan fingerprint density at radius 1 is 0.125 bits per heavy atom. The van der Waals surface area contributed by atoms with Gasteiger partial charge in [-0.15, -0.1) is 0 Å². The fourth-order valence-electron chi connectivity index (χ4n) is 15.3. The first kappa shape index (κ1) is 56.2. The van der Waals surface area contributed by atoms with E-state index in [0.29, 0.717) is 0 Å². The second kappa shape index (κ2) is 23.8. The molecule has 2 heteroatoms. The number of benzene rings is 17. The van der Waals surface area contributed by atoms with Crippen LogP contribution in [0.15, 0.2) is 376 Å². The Labute approximate surface area is 557 Å². The first-order chi connectivity index (χ1) is 47.7. The van der Waals surface area contributed by atoms with E-state index >= 15 is 0 Å². The van der Waals surface area contributed by atoms with Crippen LogP contribution in [-0.4, -0.2) is 9.13 Å². The zero-order valence-corrected chi connectivity index (χ0v) is 52.7. The van der Waals surface area contributed by atoms with Gasteiger partial charge in [0.15, 0.2) is 0 Å². The van der Waals surface area contributed by atoms with Gasteiger partial charge in [0, 0.05) is 32.9 Å². The summed E-state index contributed by atoms with van der Waals surface area (Å²) in [6.45, 7) is 0. The van der Waals surface area contributed by atoms with Crippen molar-refractivity contribution in [1.29, 1.82) is 0 Å². The van der Waals surface area contributed by atoms with Crippen LogP contribution in [0.4, 0.5) is 0 Å². The van der Waals surface area contributed by atoms with Crippen LogP contribution in [0, 0.1) is 0 Å². The molecule has 96 heavy (non-hydrogen) atoms. The van der Waals surface area contributed by atoms with Crippen molar-refractivity contribution >= 4 is 86.7 Å². The Bertz CT molecular complexity index is 5950. The molecule has 0 aliphatic rings. The molecule has 0 atom stereocenters. The van der Waals surface area contributed by atoms with Crippen LogP contribution in [0.3, 0.4) is 0 Å². The van der Waals surface area contributed by atoms with Gasteiger partial charge in [-0.3, -0.25) is 0 Å². The zero-order chi connectivity index (χ0) is 63.5. The van der Waals surface area contributed by atoms with Gasteiger partial charge in [0.25, 0.3) is 0 Å². The molecule has 0 bridgehead atoms. The van der Waals surface area contributed by atoms with Crippen molar-refractivity contribution in [2.24, 2.45) is 0 Å². The number of aromatic nitrogens is 2. The van der Waals surface area contributed by atoms with E-state index in [4.69, 9.17) is 0 Å². The van der Waals surface area contributed by atoms with Crippen LogP contribution in [-0.2, 0) is 0 Å². The average Bonchev–Trinajstić information content (AvgIpc) is 1.42. The molecular weight excluding hydrogens is 1160 g/mol. The number of fused-ring (bicyclic) bond motifs is 10. The van der Waals surface area contributed by atoms with Gasteiger partial charge >= 0.3 is 0 Å². The zero-order valence-electron chi connectivity index (χ0n) is 52.7. The molecule has 19 rings (SSSR count). The van der Waals surface area contributed by atoms with Crippen molar-refractivity contribution < 1.29 is 0 Å². The number of para-hydroxylation sites is 4. The Morgan fingerprint density at radius 2 is 0.333 bits per heavy atom. The fraction of sp³-hybridized carbons (Fsp3) is 0. The molecule has 2 aromatic heterocycles. The third-order valence-electron chi connectivity index (χ3n) is 19.6. The molecule has 0 N–H and O–H groups in total. The molecule has 0 fully saturated rings. The molecular formula is C94H62N2. The molecule has 0 saturated carbocycles. The quantitative estimate of drug-likeness (QED) is 0.128. The maximum atomic E-state index is 2.41. The third-order valence-corrected chi connectivity index (χ3v) is 19.6. The fourth-order valence-corrected chi connectivity index (χ4v) is 15.3. The summed E-state index contributed by atoms with van der Waals surface area (Å²) in [5.74, 6) is 0. The van der Waals surface area contributed by atoms with E-state index in [9.17, 15) is 0 Å². The van der Waals surface area contributed by atoms with Crippen LogP contribution in [0.2, 0.25) is 0 Å². The van der Waals surface area contributed by atoms with Crippen molar-refractivity contribution in [2.75, 3.05) is 0 Å². The molecule has 2 nitrogen and oxygen atoms in total. The monoisotopic (exact) mass is 1220 g/mol. The summed E-state index contributed by atoms with van der Waals surface area (Å²) < 4.78 is 4.81.